The molecule has 100 valence electrons. The first kappa shape index (κ1) is 14.5. The van der Waals surface area contributed by atoms with E-state index in [1.807, 2.05) is 0 Å². The van der Waals surface area contributed by atoms with Crippen molar-refractivity contribution < 1.29 is 4.79 Å². The maximum Gasteiger partial charge on any atom is 0.236 e. The van der Waals surface area contributed by atoms with E-state index in [9.17, 15) is 4.79 Å². The van der Waals surface area contributed by atoms with Crippen molar-refractivity contribution in [2.24, 2.45) is 5.92 Å². The summed E-state index contributed by atoms with van der Waals surface area (Å²) in [6.45, 7) is 6.30. The van der Waals surface area contributed by atoms with E-state index in [1.54, 1.807) is 7.05 Å². The van der Waals surface area contributed by atoms with Crippen molar-refractivity contribution >= 4 is 5.91 Å². The lowest BCUT2D eigenvalue weighted by atomic mass is 10.0. The summed E-state index contributed by atoms with van der Waals surface area (Å²) in [5.41, 5.74) is 0. The molecule has 0 saturated carbocycles. The molecule has 0 aromatic rings. The summed E-state index contributed by atoms with van der Waals surface area (Å²) >= 11 is 0. The van der Waals surface area contributed by atoms with Crippen molar-refractivity contribution in [3.05, 3.63) is 0 Å². The van der Waals surface area contributed by atoms with E-state index in [0.29, 0.717) is 12.0 Å². The van der Waals surface area contributed by atoms with E-state index >= 15 is 0 Å². The van der Waals surface area contributed by atoms with Crippen LogP contribution in [0.25, 0.3) is 0 Å². The Bertz CT molecular complexity index is 225. The number of nitrogens with one attached hydrogen (secondary N) is 3. The molecule has 0 aromatic heterocycles. The highest BCUT2D eigenvalue weighted by molar-refractivity contribution is 5.81. The minimum absolute atomic E-state index is 0.0521. The minimum Gasteiger partial charge on any atom is -0.358 e. The van der Waals surface area contributed by atoms with Crippen LogP contribution in [-0.2, 0) is 4.79 Å². The lowest BCUT2D eigenvalue weighted by molar-refractivity contribution is -0.123. The second-order valence-electron chi connectivity index (χ2n) is 5.35. The van der Waals surface area contributed by atoms with Gasteiger partial charge in [-0.1, -0.05) is 20.3 Å². The van der Waals surface area contributed by atoms with Gasteiger partial charge >= 0.3 is 0 Å². The van der Waals surface area contributed by atoms with Crippen LogP contribution in [0.15, 0.2) is 0 Å². The lowest BCUT2D eigenvalue weighted by Crippen LogP contribution is -2.49. The van der Waals surface area contributed by atoms with Gasteiger partial charge in [-0.05, 0) is 31.7 Å². The molecule has 3 N–H and O–H groups in total. The monoisotopic (exact) mass is 241 g/mol. The summed E-state index contributed by atoms with van der Waals surface area (Å²) in [5, 5.41) is 9.62. The molecule has 2 atom stereocenters. The van der Waals surface area contributed by atoms with E-state index < -0.39 is 0 Å². The van der Waals surface area contributed by atoms with Gasteiger partial charge in [0.25, 0.3) is 0 Å². The quantitative estimate of drug-likeness (QED) is 0.647. The summed E-state index contributed by atoms with van der Waals surface area (Å²) in [4.78, 5) is 11.7. The smallest absolute Gasteiger partial charge is 0.236 e. The lowest BCUT2D eigenvalue weighted by Gasteiger charge is -2.26. The van der Waals surface area contributed by atoms with Crippen molar-refractivity contribution in [2.75, 3.05) is 20.1 Å². The molecule has 1 saturated heterocycles. The predicted molar refractivity (Wildman–Crippen MR) is 71.0 cm³/mol. The summed E-state index contributed by atoms with van der Waals surface area (Å²) < 4.78 is 0. The molecular weight excluding hydrogens is 214 g/mol. The van der Waals surface area contributed by atoms with Crippen LogP contribution in [0.2, 0.25) is 0 Å². The second kappa shape index (κ2) is 7.67. The molecule has 1 aliphatic rings. The van der Waals surface area contributed by atoms with Crippen molar-refractivity contribution in [2.45, 2.75) is 51.6 Å². The predicted octanol–water partition coefficient (Wildman–Crippen LogP) is 0.879. The van der Waals surface area contributed by atoms with Gasteiger partial charge in [-0.15, -0.1) is 0 Å². The summed E-state index contributed by atoms with van der Waals surface area (Å²) in [5.74, 6) is 0.638. The Hall–Kier alpha value is -0.610. The number of amides is 1. The van der Waals surface area contributed by atoms with Crippen LogP contribution in [0.5, 0.6) is 0 Å². The molecule has 17 heavy (non-hydrogen) atoms. The fourth-order valence-electron chi connectivity index (χ4n) is 2.31. The molecule has 1 fully saturated rings. The topological polar surface area (TPSA) is 53.2 Å². The van der Waals surface area contributed by atoms with Gasteiger partial charge in [0.2, 0.25) is 5.91 Å². The van der Waals surface area contributed by atoms with Gasteiger partial charge in [-0.2, -0.15) is 0 Å². The number of hydrogen-bond donors (Lipinski definition) is 3. The Morgan fingerprint density at radius 3 is 2.71 bits per heavy atom. The van der Waals surface area contributed by atoms with Crippen molar-refractivity contribution in [3.8, 4) is 0 Å². The van der Waals surface area contributed by atoms with Gasteiger partial charge in [0.1, 0.15) is 0 Å². The fourth-order valence-corrected chi connectivity index (χ4v) is 2.31. The molecule has 4 nitrogen and oxygen atoms in total. The van der Waals surface area contributed by atoms with Crippen LogP contribution >= 0.6 is 0 Å². The Balaban J connectivity index is 2.34. The fraction of sp³-hybridized carbons (Fsp3) is 0.923. The Labute approximate surface area is 105 Å². The zero-order valence-electron chi connectivity index (χ0n) is 11.4. The Morgan fingerprint density at radius 2 is 2.18 bits per heavy atom. The van der Waals surface area contributed by atoms with Crippen molar-refractivity contribution in [1.29, 1.82) is 0 Å². The van der Waals surface area contributed by atoms with Crippen molar-refractivity contribution in [3.63, 3.8) is 0 Å². The SMILES string of the molecule is CNC(=O)C(CC(C)C)NCC1CCCCN1. The zero-order valence-corrected chi connectivity index (χ0v) is 11.4. The molecule has 1 aliphatic heterocycles. The molecule has 0 aliphatic carbocycles. The van der Waals surface area contributed by atoms with Crippen LogP contribution in [0.4, 0.5) is 0 Å². The number of piperidine rings is 1. The second-order valence-corrected chi connectivity index (χ2v) is 5.35. The van der Waals surface area contributed by atoms with Gasteiger partial charge in [0, 0.05) is 19.6 Å². The molecule has 0 spiro atoms. The highest BCUT2D eigenvalue weighted by Crippen LogP contribution is 2.08. The molecule has 1 rings (SSSR count). The van der Waals surface area contributed by atoms with Crippen LogP contribution in [0, 0.1) is 5.92 Å². The third-order valence-corrected chi connectivity index (χ3v) is 3.29. The highest BCUT2D eigenvalue weighted by Gasteiger charge is 2.20. The molecular formula is C13H27N3O. The number of hydrogen-bond acceptors (Lipinski definition) is 3. The first-order valence-electron chi connectivity index (χ1n) is 6.81. The molecule has 0 aromatic carbocycles. The first-order valence-corrected chi connectivity index (χ1v) is 6.81. The van der Waals surface area contributed by atoms with E-state index in [1.165, 1.54) is 19.3 Å². The number of rotatable bonds is 6. The van der Waals surface area contributed by atoms with Gasteiger partial charge in [-0.25, -0.2) is 0 Å². The highest BCUT2D eigenvalue weighted by atomic mass is 16.2. The summed E-state index contributed by atoms with van der Waals surface area (Å²) in [6.07, 6.45) is 4.69. The zero-order chi connectivity index (χ0) is 12.7. The van der Waals surface area contributed by atoms with E-state index in [2.05, 4.69) is 29.8 Å². The van der Waals surface area contributed by atoms with Gasteiger partial charge in [0.15, 0.2) is 0 Å². The number of likely N-dealkylation sites (N-methyl/N-ethyl adjacent to an activating group) is 1. The Kier molecular flexibility index (Phi) is 6.52. The molecule has 0 radical (unpaired) electrons. The molecule has 1 amide bonds. The van der Waals surface area contributed by atoms with Gasteiger partial charge < -0.3 is 16.0 Å². The van der Waals surface area contributed by atoms with E-state index in [4.69, 9.17) is 0 Å². The summed E-state index contributed by atoms with van der Waals surface area (Å²) in [7, 11) is 1.70. The molecule has 4 heteroatoms. The first-order chi connectivity index (χ1) is 8.13. The third-order valence-electron chi connectivity index (χ3n) is 3.29. The van der Waals surface area contributed by atoms with E-state index in [0.717, 1.165) is 19.5 Å². The Morgan fingerprint density at radius 1 is 1.41 bits per heavy atom. The van der Waals surface area contributed by atoms with Crippen LogP contribution in [-0.4, -0.2) is 38.1 Å². The minimum atomic E-state index is -0.0521. The standard InChI is InChI=1S/C13H27N3O/c1-10(2)8-12(13(17)14-3)16-9-11-6-4-5-7-15-11/h10-12,15-16H,4-9H2,1-3H3,(H,14,17). The summed E-state index contributed by atoms with van der Waals surface area (Å²) in [6, 6.07) is 0.479. The third kappa shape index (κ3) is 5.50. The molecule has 2 unspecified atom stereocenters. The van der Waals surface area contributed by atoms with E-state index in [-0.39, 0.29) is 11.9 Å². The molecule has 0 bridgehead atoms. The van der Waals surface area contributed by atoms with Gasteiger partial charge in [0.05, 0.1) is 6.04 Å². The van der Waals surface area contributed by atoms with Crippen LogP contribution < -0.4 is 16.0 Å². The molecule has 1 heterocycles. The normalized spacial score (nSPS) is 22.5. The average Bonchev–Trinajstić information content (AvgIpc) is 2.34. The maximum absolute atomic E-state index is 11.7. The van der Waals surface area contributed by atoms with Gasteiger partial charge in [-0.3, -0.25) is 4.79 Å². The van der Waals surface area contributed by atoms with Crippen LogP contribution in [0.3, 0.4) is 0 Å². The maximum atomic E-state index is 11.7. The number of carbonyl (C=O) groups is 1. The largest absolute Gasteiger partial charge is 0.358 e. The average molecular weight is 241 g/mol. The van der Waals surface area contributed by atoms with Crippen LogP contribution in [0.1, 0.15) is 39.5 Å². The number of carbonyl (C=O) groups excluding carboxylic acids is 1. The van der Waals surface area contributed by atoms with Crippen molar-refractivity contribution in [1.82, 2.24) is 16.0 Å².